The third-order valence-electron chi connectivity index (χ3n) is 9.91. The summed E-state index contributed by atoms with van der Waals surface area (Å²) in [6.07, 6.45) is 1.15. The molecule has 0 aliphatic carbocycles. The SMILES string of the molecule is CCN1CCN(CC(=O)O)CCN(CC(=O)O)CCN(CC(=O)N(C)CC(=O)N(C)CC(=O)N(C)CC(=O)N(C)CC(=O)NCCN2CCC(C)C2)CC1. The van der Waals surface area contributed by atoms with E-state index in [4.69, 9.17) is 0 Å². The van der Waals surface area contributed by atoms with Crippen molar-refractivity contribution < 1.29 is 43.8 Å². The van der Waals surface area contributed by atoms with Crippen molar-refractivity contribution in [2.45, 2.75) is 20.3 Å². The monoisotopic (exact) mass is 768 g/mol. The highest BCUT2D eigenvalue weighted by molar-refractivity contribution is 5.91. The molecular formula is C35H64N10O9. The van der Waals surface area contributed by atoms with E-state index >= 15 is 0 Å². The molecule has 0 aromatic carbocycles. The van der Waals surface area contributed by atoms with Crippen molar-refractivity contribution in [3.05, 3.63) is 0 Å². The van der Waals surface area contributed by atoms with Crippen LogP contribution in [0.1, 0.15) is 20.3 Å². The first-order chi connectivity index (χ1) is 25.5. The minimum Gasteiger partial charge on any atom is -0.480 e. The summed E-state index contributed by atoms with van der Waals surface area (Å²) in [5.74, 6) is -3.28. The summed E-state index contributed by atoms with van der Waals surface area (Å²) in [6, 6.07) is 0. The Bertz CT molecular complexity index is 1270. The molecule has 2 aliphatic rings. The van der Waals surface area contributed by atoms with Crippen molar-refractivity contribution in [3.8, 4) is 0 Å². The molecule has 19 heteroatoms. The van der Waals surface area contributed by atoms with Crippen LogP contribution < -0.4 is 5.32 Å². The normalized spacial score (nSPS) is 18.6. The van der Waals surface area contributed by atoms with Gasteiger partial charge in [0.15, 0.2) is 0 Å². The topological polar surface area (TPSA) is 201 Å². The molecule has 2 heterocycles. The van der Waals surface area contributed by atoms with Crippen LogP contribution in [0.25, 0.3) is 0 Å². The van der Waals surface area contributed by atoms with Crippen LogP contribution in [-0.2, 0) is 33.6 Å². The smallest absolute Gasteiger partial charge is 0.317 e. The Morgan fingerprint density at radius 1 is 0.556 bits per heavy atom. The van der Waals surface area contributed by atoms with E-state index in [9.17, 15) is 43.8 Å². The first-order valence-electron chi connectivity index (χ1n) is 18.7. The summed E-state index contributed by atoms with van der Waals surface area (Å²) >= 11 is 0. The summed E-state index contributed by atoms with van der Waals surface area (Å²) in [5, 5.41) is 21.6. The molecule has 2 saturated heterocycles. The molecule has 1 atom stereocenters. The molecule has 0 radical (unpaired) electrons. The molecule has 0 aromatic rings. The van der Waals surface area contributed by atoms with Gasteiger partial charge in [0.1, 0.15) is 0 Å². The third kappa shape index (κ3) is 17.9. The molecule has 0 aromatic heterocycles. The lowest BCUT2D eigenvalue weighted by molar-refractivity contribution is -0.144. The Hall–Kier alpha value is -3.91. The number of carboxylic acids is 2. The molecule has 0 spiro atoms. The molecule has 2 aliphatic heterocycles. The van der Waals surface area contributed by atoms with Crippen LogP contribution >= 0.6 is 0 Å². The minimum atomic E-state index is -1.00. The van der Waals surface area contributed by atoms with Gasteiger partial charge in [-0.15, -0.1) is 0 Å². The lowest BCUT2D eigenvalue weighted by Crippen LogP contribution is -2.50. The van der Waals surface area contributed by atoms with Crippen molar-refractivity contribution >= 4 is 41.5 Å². The summed E-state index contributed by atoms with van der Waals surface area (Å²) in [4.78, 5) is 102. The number of carboxylic acid groups (broad SMARTS) is 2. The van der Waals surface area contributed by atoms with Gasteiger partial charge < -0.3 is 44.9 Å². The number of amides is 5. The molecule has 0 bridgehead atoms. The van der Waals surface area contributed by atoms with Crippen LogP contribution in [0.2, 0.25) is 0 Å². The van der Waals surface area contributed by atoms with Gasteiger partial charge in [0.05, 0.1) is 45.8 Å². The van der Waals surface area contributed by atoms with Gasteiger partial charge in [-0.2, -0.15) is 0 Å². The van der Waals surface area contributed by atoms with Crippen molar-refractivity contribution in [2.75, 3.05) is 159 Å². The fourth-order valence-electron chi connectivity index (χ4n) is 6.24. The predicted molar refractivity (Wildman–Crippen MR) is 200 cm³/mol. The van der Waals surface area contributed by atoms with Crippen molar-refractivity contribution in [2.24, 2.45) is 5.92 Å². The first kappa shape index (κ1) is 46.2. The maximum absolute atomic E-state index is 13.3. The standard InChI is InChI=1S/C35H64N10O9/c1-7-41-12-14-43(16-17-45(27-35(53)54)19-18-44(15-13-41)26-34(51)52)25-33(50)40(6)24-32(49)39(5)23-31(48)38(4)22-30(47)37(3)21-29(46)36-9-11-42-10-8-28(2)20-42/h28H,7-27H2,1-6H3,(H,36,46)(H,51,52)(H,53,54). The van der Waals surface area contributed by atoms with Gasteiger partial charge in [-0.3, -0.25) is 48.3 Å². The molecule has 3 N–H and O–H groups in total. The molecule has 0 saturated carbocycles. The van der Waals surface area contributed by atoms with E-state index < -0.39 is 29.7 Å². The summed E-state index contributed by atoms with van der Waals surface area (Å²) in [5.41, 5.74) is 0. The summed E-state index contributed by atoms with van der Waals surface area (Å²) < 4.78 is 0. The third-order valence-corrected chi connectivity index (χ3v) is 9.91. The quantitative estimate of drug-likeness (QED) is 0.125. The van der Waals surface area contributed by atoms with E-state index in [1.165, 1.54) is 47.8 Å². The lowest BCUT2D eigenvalue weighted by atomic mass is 10.2. The average Bonchev–Trinajstić information content (AvgIpc) is 3.51. The second kappa shape index (κ2) is 23.8. The zero-order valence-corrected chi connectivity index (χ0v) is 33.2. The Balaban J connectivity index is 1.85. The lowest BCUT2D eigenvalue weighted by Gasteiger charge is -2.33. The van der Waals surface area contributed by atoms with Gasteiger partial charge in [0, 0.05) is 100 Å². The highest BCUT2D eigenvalue weighted by Crippen LogP contribution is 2.13. The van der Waals surface area contributed by atoms with E-state index in [1.54, 1.807) is 9.80 Å². The molecule has 19 nitrogen and oxygen atoms in total. The number of aliphatic carboxylic acids is 2. The fraction of sp³-hybridized carbons (Fsp3) is 0.800. The number of carbonyl (C=O) groups excluding carboxylic acids is 5. The largest absolute Gasteiger partial charge is 0.480 e. The van der Waals surface area contributed by atoms with Crippen LogP contribution in [0.4, 0.5) is 0 Å². The van der Waals surface area contributed by atoms with E-state index in [0.29, 0.717) is 64.8 Å². The number of hydrogen-bond acceptors (Lipinski definition) is 12. The van der Waals surface area contributed by atoms with Gasteiger partial charge >= 0.3 is 11.9 Å². The Morgan fingerprint density at radius 3 is 1.33 bits per heavy atom. The number of carbonyl (C=O) groups is 7. The maximum Gasteiger partial charge on any atom is 0.317 e. The fourth-order valence-corrected chi connectivity index (χ4v) is 6.24. The van der Waals surface area contributed by atoms with Gasteiger partial charge in [-0.05, 0) is 25.4 Å². The highest BCUT2D eigenvalue weighted by atomic mass is 16.4. The molecule has 308 valence electrons. The molecular weight excluding hydrogens is 704 g/mol. The van der Waals surface area contributed by atoms with Crippen molar-refractivity contribution in [1.29, 1.82) is 0 Å². The molecule has 2 rings (SSSR count). The van der Waals surface area contributed by atoms with E-state index in [0.717, 1.165) is 32.6 Å². The van der Waals surface area contributed by atoms with Gasteiger partial charge in [-0.25, -0.2) is 0 Å². The predicted octanol–water partition coefficient (Wildman–Crippen LogP) is -3.31. The second-order valence-electron chi connectivity index (χ2n) is 14.6. The Kier molecular flexibility index (Phi) is 20.4. The van der Waals surface area contributed by atoms with Gasteiger partial charge in [0.2, 0.25) is 29.5 Å². The number of rotatable bonds is 18. The van der Waals surface area contributed by atoms with Crippen LogP contribution in [0.3, 0.4) is 0 Å². The number of likely N-dealkylation sites (N-methyl/N-ethyl adjacent to an activating group) is 5. The molecule has 54 heavy (non-hydrogen) atoms. The zero-order valence-electron chi connectivity index (χ0n) is 33.2. The number of nitrogens with one attached hydrogen (secondary N) is 1. The van der Waals surface area contributed by atoms with Crippen molar-refractivity contribution in [3.63, 3.8) is 0 Å². The summed E-state index contributed by atoms with van der Waals surface area (Å²) in [6.45, 7) is 10.5. The number of likely N-dealkylation sites (tertiary alicyclic amines) is 1. The highest BCUT2D eigenvalue weighted by Gasteiger charge is 2.25. The summed E-state index contributed by atoms with van der Waals surface area (Å²) in [7, 11) is 5.88. The molecule has 1 unspecified atom stereocenters. The average molecular weight is 769 g/mol. The van der Waals surface area contributed by atoms with Crippen molar-refractivity contribution in [1.82, 2.24) is 49.4 Å². The number of hydrogen-bond donors (Lipinski definition) is 3. The number of nitrogens with zero attached hydrogens (tertiary/aromatic N) is 9. The second-order valence-corrected chi connectivity index (χ2v) is 14.6. The van der Waals surface area contributed by atoms with Crippen LogP contribution in [0.5, 0.6) is 0 Å². The maximum atomic E-state index is 13.3. The molecule has 2 fully saturated rings. The van der Waals surface area contributed by atoms with Gasteiger partial charge in [-0.1, -0.05) is 13.8 Å². The van der Waals surface area contributed by atoms with Crippen LogP contribution in [-0.4, -0.2) is 255 Å². The van der Waals surface area contributed by atoms with E-state index in [2.05, 4.69) is 22.0 Å². The zero-order chi connectivity index (χ0) is 40.4. The van der Waals surface area contributed by atoms with E-state index in [-0.39, 0.29) is 57.6 Å². The van der Waals surface area contributed by atoms with Crippen LogP contribution in [0.15, 0.2) is 0 Å². The van der Waals surface area contributed by atoms with Gasteiger partial charge in [0.25, 0.3) is 0 Å². The molecule has 5 amide bonds. The minimum absolute atomic E-state index is 0.00978. The Morgan fingerprint density at radius 2 is 0.944 bits per heavy atom. The van der Waals surface area contributed by atoms with E-state index in [1.807, 2.05) is 11.8 Å². The Labute approximate surface area is 319 Å². The van der Waals surface area contributed by atoms with Crippen LogP contribution in [0, 0.1) is 5.92 Å². The first-order valence-corrected chi connectivity index (χ1v) is 18.7.